The lowest BCUT2D eigenvalue weighted by molar-refractivity contribution is -0.144. The van der Waals surface area contributed by atoms with Crippen molar-refractivity contribution < 1.29 is 4.79 Å². The molecule has 1 aromatic rings. The average molecular weight is 349 g/mol. The summed E-state index contributed by atoms with van der Waals surface area (Å²) in [6.07, 6.45) is 6.59. The minimum absolute atomic E-state index is 0. The Hall–Kier alpha value is -1.06. The van der Waals surface area contributed by atoms with Crippen molar-refractivity contribution in [1.82, 2.24) is 10.2 Å². The maximum Gasteiger partial charge on any atom is 0.228 e. The van der Waals surface area contributed by atoms with Crippen LogP contribution in [0.15, 0.2) is 24.3 Å². The van der Waals surface area contributed by atoms with Crippen molar-refractivity contribution in [3.05, 3.63) is 35.4 Å². The Morgan fingerprint density at radius 3 is 2.46 bits per heavy atom. The van der Waals surface area contributed by atoms with Crippen molar-refractivity contribution >= 4 is 18.3 Å². The van der Waals surface area contributed by atoms with Crippen LogP contribution in [-0.4, -0.2) is 37.0 Å². The summed E-state index contributed by atoms with van der Waals surface area (Å²) < 4.78 is 0. The Bertz CT molecular complexity index is 601. The number of nitrogens with one attached hydrogen (secondary N) is 1. The topological polar surface area (TPSA) is 32.3 Å². The predicted octanol–water partition coefficient (Wildman–Crippen LogP) is 3.21. The molecule has 1 atom stereocenters. The van der Waals surface area contributed by atoms with Gasteiger partial charge in [-0.2, -0.15) is 0 Å². The molecule has 0 saturated carbocycles. The number of halogens is 1. The fourth-order valence-corrected chi connectivity index (χ4v) is 4.86. The first kappa shape index (κ1) is 17.8. The van der Waals surface area contributed by atoms with Gasteiger partial charge in [0.05, 0.1) is 5.41 Å². The van der Waals surface area contributed by atoms with E-state index in [-0.39, 0.29) is 17.8 Å². The van der Waals surface area contributed by atoms with Gasteiger partial charge in [0.25, 0.3) is 0 Å². The minimum atomic E-state index is -0.202. The lowest BCUT2D eigenvalue weighted by Crippen LogP contribution is -2.50. The van der Waals surface area contributed by atoms with Crippen LogP contribution in [0.5, 0.6) is 0 Å². The average Bonchev–Trinajstić information content (AvgIpc) is 3.03. The molecule has 3 aliphatic rings. The number of fused-ring (bicyclic) bond motifs is 1. The molecule has 4 heteroatoms. The van der Waals surface area contributed by atoms with Crippen LogP contribution in [0.2, 0.25) is 0 Å². The number of benzene rings is 1. The van der Waals surface area contributed by atoms with Gasteiger partial charge in [-0.1, -0.05) is 31.2 Å². The Balaban J connectivity index is 0.00000169. The summed E-state index contributed by atoms with van der Waals surface area (Å²) >= 11 is 0. The van der Waals surface area contributed by atoms with Gasteiger partial charge in [-0.25, -0.2) is 0 Å². The summed E-state index contributed by atoms with van der Waals surface area (Å²) in [4.78, 5) is 15.4. The molecule has 0 bridgehead atoms. The van der Waals surface area contributed by atoms with E-state index in [1.54, 1.807) is 0 Å². The number of carbonyl (C=O) groups excluding carboxylic acids is 1. The molecule has 132 valence electrons. The van der Waals surface area contributed by atoms with Gasteiger partial charge in [-0.3, -0.25) is 4.79 Å². The molecular weight excluding hydrogens is 320 g/mol. The SMILES string of the molecule is CC1(C(=O)N2CCC3(CCNC3)CC2)CCc2ccccc2C1.Cl. The number of likely N-dealkylation sites (tertiary alicyclic amines) is 1. The molecule has 2 saturated heterocycles. The molecule has 1 amide bonds. The van der Waals surface area contributed by atoms with Gasteiger partial charge in [-0.15, -0.1) is 12.4 Å². The number of rotatable bonds is 1. The summed E-state index contributed by atoms with van der Waals surface area (Å²) in [5.74, 6) is 0.396. The predicted molar refractivity (Wildman–Crippen MR) is 99.6 cm³/mol. The van der Waals surface area contributed by atoms with Crippen molar-refractivity contribution in [3.8, 4) is 0 Å². The Kier molecular flexibility index (Phi) is 4.94. The quantitative estimate of drug-likeness (QED) is 0.845. The van der Waals surface area contributed by atoms with Crippen LogP contribution < -0.4 is 5.32 Å². The van der Waals surface area contributed by atoms with Gasteiger partial charge < -0.3 is 10.2 Å². The fourth-order valence-electron chi connectivity index (χ4n) is 4.86. The summed E-state index contributed by atoms with van der Waals surface area (Å²) in [5.41, 5.74) is 3.10. The summed E-state index contributed by atoms with van der Waals surface area (Å²) in [6, 6.07) is 8.64. The Morgan fingerprint density at radius 2 is 1.79 bits per heavy atom. The zero-order valence-electron chi connectivity index (χ0n) is 14.6. The highest BCUT2D eigenvalue weighted by Gasteiger charge is 2.43. The lowest BCUT2D eigenvalue weighted by Gasteiger charge is -2.43. The van der Waals surface area contributed by atoms with E-state index in [1.165, 1.54) is 30.4 Å². The summed E-state index contributed by atoms with van der Waals surface area (Å²) in [7, 11) is 0. The third kappa shape index (κ3) is 3.09. The Morgan fingerprint density at radius 1 is 1.08 bits per heavy atom. The molecule has 1 spiro atoms. The second-order valence-corrected chi connectivity index (χ2v) is 8.23. The number of amides is 1. The zero-order valence-corrected chi connectivity index (χ0v) is 15.5. The molecule has 2 fully saturated rings. The van der Waals surface area contributed by atoms with Gasteiger partial charge in [0.2, 0.25) is 5.91 Å². The van der Waals surface area contributed by atoms with E-state index in [0.717, 1.165) is 45.4 Å². The molecule has 1 aliphatic carbocycles. The van der Waals surface area contributed by atoms with Gasteiger partial charge >= 0.3 is 0 Å². The molecule has 1 unspecified atom stereocenters. The van der Waals surface area contributed by atoms with Crippen molar-refractivity contribution in [3.63, 3.8) is 0 Å². The Labute approximate surface area is 151 Å². The van der Waals surface area contributed by atoms with Crippen LogP contribution in [0.1, 0.15) is 43.7 Å². The lowest BCUT2D eigenvalue weighted by atomic mass is 9.71. The van der Waals surface area contributed by atoms with Crippen molar-refractivity contribution in [2.24, 2.45) is 10.8 Å². The molecular formula is C20H29ClN2O. The number of piperidine rings is 1. The molecule has 0 radical (unpaired) electrons. The third-order valence-corrected chi connectivity index (χ3v) is 6.60. The largest absolute Gasteiger partial charge is 0.342 e. The number of nitrogens with zero attached hydrogens (tertiary/aromatic N) is 1. The van der Waals surface area contributed by atoms with E-state index in [9.17, 15) is 4.79 Å². The third-order valence-electron chi connectivity index (χ3n) is 6.60. The van der Waals surface area contributed by atoms with Gasteiger partial charge in [-0.05, 0) is 61.6 Å². The normalized spacial score (nSPS) is 28.3. The van der Waals surface area contributed by atoms with Crippen LogP contribution in [0, 0.1) is 10.8 Å². The standard InChI is InChI=1S/C20H28N2O.ClH/c1-19(7-6-16-4-2-3-5-17(16)14-19)18(23)22-12-9-20(10-13-22)8-11-21-15-20;/h2-5,21H,6-15H2,1H3;1H. The van der Waals surface area contributed by atoms with E-state index < -0.39 is 0 Å². The fraction of sp³-hybridized carbons (Fsp3) is 0.650. The molecule has 24 heavy (non-hydrogen) atoms. The van der Waals surface area contributed by atoms with E-state index in [4.69, 9.17) is 0 Å². The molecule has 0 aromatic heterocycles. The first-order chi connectivity index (χ1) is 11.1. The summed E-state index contributed by atoms with van der Waals surface area (Å²) in [5, 5.41) is 3.51. The molecule has 2 heterocycles. The van der Waals surface area contributed by atoms with Crippen molar-refractivity contribution in [1.29, 1.82) is 0 Å². The first-order valence-corrected chi connectivity index (χ1v) is 9.17. The van der Waals surface area contributed by atoms with Gasteiger partial charge in [0.15, 0.2) is 0 Å². The van der Waals surface area contributed by atoms with Crippen LogP contribution in [0.25, 0.3) is 0 Å². The van der Waals surface area contributed by atoms with Crippen molar-refractivity contribution in [2.45, 2.75) is 45.4 Å². The number of hydrogen-bond acceptors (Lipinski definition) is 2. The van der Waals surface area contributed by atoms with Crippen LogP contribution in [0.3, 0.4) is 0 Å². The van der Waals surface area contributed by atoms with Crippen LogP contribution >= 0.6 is 12.4 Å². The highest BCUT2D eigenvalue weighted by atomic mass is 35.5. The van der Waals surface area contributed by atoms with Crippen LogP contribution in [-0.2, 0) is 17.6 Å². The molecule has 2 aliphatic heterocycles. The van der Waals surface area contributed by atoms with E-state index in [0.29, 0.717) is 11.3 Å². The monoisotopic (exact) mass is 348 g/mol. The molecule has 1 aromatic carbocycles. The second kappa shape index (κ2) is 6.68. The molecule has 3 nitrogen and oxygen atoms in total. The first-order valence-electron chi connectivity index (χ1n) is 9.17. The van der Waals surface area contributed by atoms with E-state index in [2.05, 4.69) is 41.4 Å². The van der Waals surface area contributed by atoms with Crippen molar-refractivity contribution in [2.75, 3.05) is 26.2 Å². The maximum atomic E-state index is 13.2. The van der Waals surface area contributed by atoms with E-state index >= 15 is 0 Å². The van der Waals surface area contributed by atoms with Gasteiger partial charge in [0.1, 0.15) is 0 Å². The number of carbonyl (C=O) groups is 1. The highest BCUT2D eigenvalue weighted by molar-refractivity contribution is 5.85. The second-order valence-electron chi connectivity index (χ2n) is 8.23. The number of hydrogen-bond donors (Lipinski definition) is 1. The van der Waals surface area contributed by atoms with Crippen LogP contribution in [0.4, 0.5) is 0 Å². The highest BCUT2D eigenvalue weighted by Crippen LogP contribution is 2.41. The van der Waals surface area contributed by atoms with E-state index in [1.807, 2.05) is 0 Å². The zero-order chi connectivity index (χ0) is 15.9. The molecule has 1 N–H and O–H groups in total. The number of aryl methyl sites for hydroxylation is 1. The smallest absolute Gasteiger partial charge is 0.228 e. The molecule has 4 rings (SSSR count). The summed E-state index contributed by atoms with van der Waals surface area (Å²) in [6.45, 7) is 6.41. The van der Waals surface area contributed by atoms with Gasteiger partial charge in [0, 0.05) is 19.6 Å². The maximum absolute atomic E-state index is 13.2. The minimum Gasteiger partial charge on any atom is -0.342 e.